The molecule has 2 atom stereocenters. The fourth-order valence-electron chi connectivity index (χ4n) is 33.9. The number of rotatable bonds is 13. The molecule has 2 nitrogen and oxygen atoms in total. The summed E-state index contributed by atoms with van der Waals surface area (Å²) in [4.78, 5) is 0. The third-order valence-electron chi connectivity index (χ3n) is 46.6. The summed E-state index contributed by atoms with van der Waals surface area (Å²) in [7, 11) is 0. The quantitative estimate of drug-likeness (QED) is 0.165. The maximum atomic E-state index is 2.56. The predicted molar refractivity (Wildman–Crippen MR) is 695 cm³/mol. The van der Waals surface area contributed by atoms with Gasteiger partial charge in [-0.3, -0.25) is 0 Å². The Balaban J connectivity index is -0.000000198. The van der Waals surface area contributed by atoms with Gasteiger partial charge in [-0.2, -0.15) is 0 Å². The van der Waals surface area contributed by atoms with Gasteiger partial charge in [0.15, 0.2) is 0 Å². The molecule has 20 aliphatic carbocycles. The zero-order chi connectivity index (χ0) is 105. The standard InChI is InChI=1S/C16H30.C16H28.4C14H26.2C14H24.2C13H24.2C2H6.2H2O.16H2/c2*1-13-3-7-15(8-4-13)11-12-16-9-5-14(2)6-10-16;6*1-11-3-7-13(8-4-11)14-9-5-12(2)6-10-14;2*1-11-7-9-13(10-8-11)12-5-3-2-4-6-12;2*1-2;;;;;;;;;;;;;;;;;;/h13-16H,3-12H2,1-2H3;11-16H,3-10H2,1-2H3;4*11-14H,3-10H2,1-2H3;7,11-12,14H,3-6,8-10H2,1-2H3;3,12-14H,4-10H2,1-2H3;2*11-13H,2-10H2,1H3;2*1-2H3;2*1H2;16*1H/b;12-11+;;;;;;;;;;;;;;;;;;;;;;;;;;;;. The van der Waals surface area contributed by atoms with Crippen molar-refractivity contribution in [2.75, 3.05) is 0 Å². The summed E-state index contributed by atoms with van der Waals surface area (Å²) in [5, 5.41) is 0. The van der Waals surface area contributed by atoms with E-state index in [1.807, 2.05) is 33.3 Å². The molecule has 4 N–H and O–H groups in total. The van der Waals surface area contributed by atoms with E-state index in [0.29, 0.717) is 0 Å². The van der Waals surface area contributed by atoms with E-state index in [9.17, 15) is 0 Å². The molecule has 18 fully saturated rings. The molecule has 148 heavy (non-hydrogen) atoms. The maximum absolute atomic E-state index is 2.56. The van der Waals surface area contributed by atoms with Crippen molar-refractivity contribution in [3.8, 4) is 0 Å². The maximum Gasteiger partial charge on any atom is 0 e. The van der Waals surface area contributed by atoms with Crippen LogP contribution in [-0.2, 0) is 0 Å². The van der Waals surface area contributed by atoms with Crippen LogP contribution < -0.4 is 0 Å². The lowest BCUT2D eigenvalue weighted by molar-refractivity contribution is 0.155. The summed E-state index contributed by atoms with van der Waals surface area (Å²) < 4.78 is 0. The molecule has 0 aromatic heterocycles. The molecule has 0 bridgehead atoms. The summed E-state index contributed by atoms with van der Waals surface area (Å²) >= 11 is 0. The average Bonchev–Trinajstić information content (AvgIpc) is 0.868. The van der Waals surface area contributed by atoms with Crippen LogP contribution in [0.1, 0.15) is 702 Å². The molecule has 902 valence electrons. The molecule has 2 heteroatoms. The first-order valence-corrected chi connectivity index (χ1v) is 69.7. The molecule has 20 rings (SSSR count). The Bertz CT molecular complexity index is 2870. The molecule has 2 unspecified atom stereocenters. The third-order valence-corrected chi connectivity index (χ3v) is 46.6. The molecular formula is C146H306O2. The molecular weight excluding hydrogens is 1790 g/mol. The summed E-state index contributed by atoms with van der Waals surface area (Å²) in [5.74, 6) is 37.6. The Morgan fingerprint density at radius 3 is 0.547 bits per heavy atom. The zero-order valence-electron chi connectivity index (χ0n) is 105. The van der Waals surface area contributed by atoms with E-state index in [4.69, 9.17) is 0 Å². The minimum absolute atomic E-state index is 0. The highest BCUT2D eigenvalue weighted by Gasteiger charge is 2.37. The van der Waals surface area contributed by atoms with Crippen LogP contribution in [0.3, 0.4) is 0 Å². The SMILES string of the molecule is CC.CC.CC1=CCC(C2CCC(C)CC2)CC1.CC1CC=C(C2CCC(C)CC2)CC1.CC1CCC(/C=C/C2CCC(C)CC2)CC1.CC1CCC(C2CCC(C)CC2)CC1.CC1CCC(C2CCC(C)CC2)CC1.CC1CCC(C2CCC(C)CC2)CC1.CC1CCC(C2CCC(C)CC2)CC1.CC1CCC(C2CCCCC2)CC1.CC1CCC(C2CCCCC2)CC1.CC1CCC(CCC2CCC(C)CC2)CC1.O.O.[HH].[HH].[HH].[HH].[HH].[HH].[HH].[HH].[HH].[HH].[HH].[HH].[HH].[HH].[HH].[HH]. The van der Waals surface area contributed by atoms with Crippen LogP contribution in [0.15, 0.2) is 35.5 Å². The van der Waals surface area contributed by atoms with Gasteiger partial charge in [0.1, 0.15) is 0 Å². The third kappa shape index (κ3) is 53.6. The highest BCUT2D eigenvalue weighted by Crippen LogP contribution is 2.50. The second-order valence-electron chi connectivity index (χ2n) is 59.5. The second kappa shape index (κ2) is 77.6. The molecule has 0 radical (unpaired) electrons. The van der Waals surface area contributed by atoms with Crippen LogP contribution in [-0.4, -0.2) is 11.0 Å². The highest BCUT2D eigenvalue weighted by molar-refractivity contribution is 5.11. The van der Waals surface area contributed by atoms with Gasteiger partial charge in [-0.05, 0) is 438 Å². The minimum atomic E-state index is 0. The van der Waals surface area contributed by atoms with E-state index in [2.05, 4.69) is 149 Å². The van der Waals surface area contributed by atoms with Crippen LogP contribution in [0, 0.1) is 213 Å². The lowest BCUT2D eigenvalue weighted by Crippen LogP contribution is -2.24. The van der Waals surface area contributed by atoms with E-state index in [0.717, 1.165) is 213 Å². The molecule has 0 amide bonds. The van der Waals surface area contributed by atoms with Gasteiger partial charge in [-0.15, -0.1) is 0 Å². The zero-order valence-corrected chi connectivity index (χ0v) is 105. The summed E-state index contributed by atoms with van der Waals surface area (Å²) in [5.41, 5.74) is 3.44. The normalized spacial score (nSPS) is 40.0. The van der Waals surface area contributed by atoms with Crippen molar-refractivity contribution >= 4 is 0 Å². The Labute approximate surface area is 955 Å². The summed E-state index contributed by atoms with van der Waals surface area (Å²) in [6.45, 7) is 51.5. The van der Waals surface area contributed by atoms with E-state index in [1.54, 1.807) is 173 Å². The van der Waals surface area contributed by atoms with Crippen molar-refractivity contribution in [2.24, 2.45) is 213 Å². The van der Waals surface area contributed by atoms with E-state index in [-0.39, 0.29) is 33.8 Å². The van der Waals surface area contributed by atoms with Crippen LogP contribution in [0.2, 0.25) is 0 Å². The fraction of sp³-hybridized carbons (Fsp3) is 0.959. The monoisotopic (exact) mass is 2090 g/mol. The molecule has 0 aromatic rings. The second-order valence-corrected chi connectivity index (χ2v) is 59.5. The molecule has 18 saturated carbocycles. The van der Waals surface area contributed by atoms with Crippen molar-refractivity contribution in [1.82, 2.24) is 0 Å². The van der Waals surface area contributed by atoms with Crippen molar-refractivity contribution in [1.29, 1.82) is 0 Å². The molecule has 0 saturated heterocycles. The lowest BCUT2D eigenvalue weighted by atomic mass is 9.70. The number of hydrogen-bond acceptors (Lipinski definition) is 0. The molecule has 0 spiro atoms. The molecule has 20 aliphatic rings. The molecule has 0 aromatic carbocycles. The van der Waals surface area contributed by atoms with Gasteiger partial charge < -0.3 is 11.0 Å². The van der Waals surface area contributed by atoms with Crippen molar-refractivity contribution < 1.29 is 33.8 Å². The van der Waals surface area contributed by atoms with Gasteiger partial charge in [0.25, 0.3) is 0 Å². The van der Waals surface area contributed by atoms with Gasteiger partial charge in [0, 0.05) is 22.8 Å². The van der Waals surface area contributed by atoms with E-state index in [1.165, 1.54) is 360 Å². The van der Waals surface area contributed by atoms with Crippen molar-refractivity contribution in [2.45, 2.75) is 679 Å². The molecule has 0 heterocycles. The van der Waals surface area contributed by atoms with Gasteiger partial charge >= 0.3 is 0 Å². The minimum Gasteiger partial charge on any atom is -0.412 e. The van der Waals surface area contributed by atoms with Gasteiger partial charge in [-0.25, -0.2) is 0 Å². The first-order valence-electron chi connectivity index (χ1n) is 69.7. The summed E-state index contributed by atoms with van der Waals surface area (Å²) in [6, 6.07) is 0. The topological polar surface area (TPSA) is 63.0 Å². The number of hydrogen-bond donors (Lipinski definition) is 0. The van der Waals surface area contributed by atoms with Crippen molar-refractivity contribution in [3.05, 3.63) is 35.5 Å². The van der Waals surface area contributed by atoms with Gasteiger partial charge in [-0.1, -0.05) is 489 Å². The summed E-state index contributed by atoms with van der Waals surface area (Å²) in [6.07, 6.45) is 134. The van der Waals surface area contributed by atoms with Gasteiger partial charge in [0.2, 0.25) is 0 Å². The van der Waals surface area contributed by atoms with Crippen LogP contribution in [0.4, 0.5) is 0 Å². The highest BCUT2D eigenvalue weighted by atomic mass is 16.0. The first kappa shape index (κ1) is 134. The lowest BCUT2D eigenvalue weighted by Gasteiger charge is -2.36. The number of allylic oxidation sites excluding steroid dienone is 6. The Kier molecular flexibility index (Phi) is 70.3. The van der Waals surface area contributed by atoms with Crippen molar-refractivity contribution in [3.63, 3.8) is 0 Å². The van der Waals surface area contributed by atoms with Crippen LogP contribution >= 0.6 is 0 Å². The van der Waals surface area contributed by atoms with E-state index < -0.39 is 0 Å². The van der Waals surface area contributed by atoms with Crippen LogP contribution in [0.25, 0.3) is 0 Å². The van der Waals surface area contributed by atoms with Crippen LogP contribution in [0.5, 0.6) is 0 Å². The Morgan fingerprint density at radius 2 is 0.358 bits per heavy atom. The first-order chi connectivity index (χ1) is 70.7. The Hall–Kier alpha value is -0.860. The van der Waals surface area contributed by atoms with Gasteiger partial charge in [0.05, 0.1) is 0 Å². The average molecular weight is 2090 g/mol. The smallest absolute Gasteiger partial charge is 0 e. The molecule has 0 aliphatic heterocycles. The fourth-order valence-corrected chi connectivity index (χ4v) is 33.9. The van der Waals surface area contributed by atoms with E-state index >= 15 is 0 Å². The largest absolute Gasteiger partial charge is 0.412 e. The Morgan fingerprint density at radius 1 is 0.176 bits per heavy atom. The predicted octanol–water partition coefficient (Wildman–Crippen LogP) is 51.4.